The van der Waals surface area contributed by atoms with Gasteiger partial charge >= 0.3 is 0 Å². The third-order valence-electron chi connectivity index (χ3n) is 3.53. The Hall–Kier alpha value is -2.46. The van der Waals surface area contributed by atoms with Crippen LogP contribution in [0.15, 0.2) is 29.8 Å². The fourth-order valence-corrected chi connectivity index (χ4v) is 2.32. The quantitative estimate of drug-likeness (QED) is 0.712. The van der Waals surface area contributed by atoms with Gasteiger partial charge in [-0.15, -0.1) is 0 Å². The molecule has 4 heteroatoms. The summed E-state index contributed by atoms with van der Waals surface area (Å²) < 4.78 is 0. The number of rotatable bonds is 1. The molecule has 1 atom stereocenters. The molecule has 0 fully saturated rings. The van der Waals surface area contributed by atoms with E-state index in [0.717, 1.165) is 16.8 Å². The zero-order valence-electron chi connectivity index (χ0n) is 11.6. The van der Waals surface area contributed by atoms with Crippen LogP contribution in [0.4, 0.5) is 5.69 Å². The first-order valence-corrected chi connectivity index (χ1v) is 6.09. The summed E-state index contributed by atoms with van der Waals surface area (Å²) in [5.74, 6) is 0.835. The monoisotopic (exact) mass is 252 g/mol. The second kappa shape index (κ2) is 4.66. The van der Waals surface area contributed by atoms with Crippen LogP contribution >= 0.6 is 0 Å². The fourth-order valence-electron chi connectivity index (χ4n) is 2.32. The lowest BCUT2D eigenvalue weighted by atomic mass is 10.1. The fraction of sp³-hybridized carbons (Fsp3) is 0.333. The van der Waals surface area contributed by atoms with Gasteiger partial charge in [-0.25, -0.2) is 0 Å². The predicted molar refractivity (Wildman–Crippen MR) is 75.9 cm³/mol. The Morgan fingerprint density at radius 2 is 1.74 bits per heavy atom. The van der Waals surface area contributed by atoms with E-state index < -0.39 is 0 Å². The molecule has 1 aliphatic rings. The van der Waals surface area contributed by atoms with Crippen molar-refractivity contribution in [1.29, 1.82) is 0 Å². The van der Waals surface area contributed by atoms with Crippen molar-refractivity contribution in [3.63, 3.8) is 0 Å². The standard InChI is InChI=1S/C15H16N4/c1-10-7-8-11(2)13(9-10)19-12(3)18(6)14(16-4)15(19)17-5/h7-9,12H,1-3,6H3/t12-/m0/s1. The highest BCUT2D eigenvalue weighted by Gasteiger charge is 2.39. The Bertz CT molecular complexity index is 631. The van der Waals surface area contributed by atoms with Crippen molar-refractivity contribution in [2.45, 2.75) is 26.9 Å². The summed E-state index contributed by atoms with van der Waals surface area (Å²) in [5, 5.41) is 0. The highest BCUT2D eigenvalue weighted by atomic mass is 15.5. The highest BCUT2D eigenvalue weighted by Crippen LogP contribution is 2.36. The molecular formula is C15H16N4. The molecule has 96 valence electrons. The minimum Gasteiger partial charge on any atom is -0.374 e. The summed E-state index contributed by atoms with van der Waals surface area (Å²) in [5.41, 5.74) is 3.26. The molecule has 1 aromatic carbocycles. The maximum absolute atomic E-state index is 7.37. The van der Waals surface area contributed by atoms with Crippen molar-refractivity contribution in [3.05, 3.63) is 63.8 Å². The molecule has 2 rings (SSSR count). The molecule has 0 spiro atoms. The van der Waals surface area contributed by atoms with Gasteiger partial charge in [-0.1, -0.05) is 25.3 Å². The number of hydrogen-bond donors (Lipinski definition) is 0. The molecule has 1 heterocycles. The number of hydrogen-bond acceptors (Lipinski definition) is 2. The molecule has 0 aromatic heterocycles. The van der Waals surface area contributed by atoms with Crippen LogP contribution in [0.3, 0.4) is 0 Å². The summed E-state index contributed by atoms with van der Waals surface area (Å²) in [6.07, 6.45) is -0.0197. The lowest BCUT2D eigenvalue weighted by Gasteiger charge is -2.24. The van der Waals surface area contributed by atoms with E-state index in [-0.39, 0.29) is 6.17 Å². The van der Waals surface area contributed by atoms with Gasteiger partial charge in [0.05, 0.1) is 7.05 Å². The highest BCUT2D eigenvalue weighted by molar-refractivity contribution is 5.63. The van der Waals surface area contributed by atoms with Crippen molar-refractivity contribution in [2.24, 2.45) is 0 Å². The van der Waals surface area contributed by atoms with Gasteiger partial charge in [0.1, 0.15) is 5.69 Å². The Kier molecular flexibility index (Phi) is 3.19. The molecule has 0 saturated carbocycles. The third-order valence-corrected chi connectivity index (χ3v) is 3.53. The normalized spacial score (nSPS) is 18.5. The third kappa shape index (κ3) is 1.92. The van der Waals surface area contributed by atoms with Crippen molar-refractivity contribution in [2.75, 3.05) is 11.9 Å². The first-order chi connectivity index (χ1) is 9.01. The Labute approximate surface area is 114 Å². The van der Waals surface area contributed by atoms with Gasteiger partial charge in [0.15, 0.2) is 0 Å². The molecule has 19 heavy (non-hydrogen) atoms. The molecule has 0 aliphatic carbocycles. The van der Waals surface area contributed by atoms with E-state index >= 15 is 0 Å². The zero-order chi connectivity index (χ0) is 14.2. The van der Waals surface area contributed by atoms with E-state index in [9.17, 15) is 0 Å². The summed E-state index contributed by atoms with van der Waals surface area (Å²) in [7, 11) is 1.86. The van der Waals surface area contributed by atoms with Gasteiger partial charge in [-0.2, -0.15) is 0 Å². The van der Waals surface area contributed by atoms with Crippen molar-refractivity contribution in [1.82, 2.24) is 4.90 Å². The lowest BCUT2D eigenvalue weighted by Crippen LogP contribution is -2.35. The SMILES string of the molecule is [C-]#[N+]C1=C([N+]#[C-])N(c2cc(C)ccc2C)[C@@H](C)N1C. The molecule has 1 aliphatic heterocycles. The smallest absolute Gasteiger partial charge is 0.253 e. The summed E-state index contributed by atoms with van der Waals surface area (Å²) in [6.45, 7) is 20.7. The summed E-state index contributed by atoms with van der Waals surface area (Å²) >= 11 is 0. The number of aryl methyl sites for hydroxylation is 2. The predicted octanol–water partition coefficient (Wildman–Crippen LogP) is 3.37. The lowest BCUT2D eigenvalue weighted by molar-refractivity contribution is 0.364. The molecule has 0 amide bonds. The van der Waals surface area contributed by atoms with Crippen LogP contribution in [0.5, 0.6) is 0 Å². The molecule has 0 N–H and O–H groups in total. The molecule has 0 bridgehead atoms. The largest absolute Gasteiger partial charge is 0.374 e. The molecule has 0 unspecified atom stereocenters. The molecule has 4 nitrogen and oxygen atoms in total. The Morgan fingerprint density at radius 1 is 1.11 bits per heavy atom. The minimum absolute atomic E-state index is 0.0197. The number of nitrogens with zero attached hydrogens (tertiary/aromatic N) is 4. The summed E-state index contributed by atoms with van der Waals surface area (Å²) in [6, 6.07) is 6.17. The van der Waals surface area contributed by atoms with Crippen LogP contribution in [0.2, 0.25) is 0 Å². The Morgan fingerprint density at radius 3 is 2.32 bits per heavy atom. The van der Waals surface area contributed by atoms with Crippen molar-refractivity contribution < 1.29 is 0 Å². The van der Waals surface area contributed by atoms with E-state index in [1.54, 1.807) is 0 Å². The van der Waals surface area contributed by atoms with E-state index in [4.69, 9.17) is 13.1 Å². The van der Waals surface area contributed by atoms with Gasteiger partial charge < -0.3 is 14.6 Å². The van der Waals surface area contributed by atoms with E-state index in [2.05, 4.69) is 27.9 Å². The van der Waals surface area contributed by atoms with Crippen LogP contribution in [-0.4, -0.2) is 18.1 Å². The minimum atomic E-state index is -0.0197. The summed E-state index contributed by atoms with van der Waals surface area (Å²) in [4.78, 5) is 10.9. The average Bonchev–Trinajstić information content (AvgIpc) is 2.64. The van der Waals surface area contributed by atoms with Gasteiger partial charge in [0, 0.05) is 6.92 Å². The average molecular weight is 252 g/mol. The van der Waals surface area contributed by atoms with E-state index in [1.807, 2.05) is 37.6 Å². The Balaban J connectivity index is 2.62. The molecule has 1 aromatic rings. The van der Waals surface area contributed by atoms with E-state index in [1.165, 1.54) is 0 Å². The molecule has 0 saturated heterocycles. The second-order valence-corrected chi connectivity index (χ2v) is 4.77. The van der Waals surface area contributed by atoms with Crippen LogP contribution in [-0.2, 0) is 0 Å². The first-order valence-electron chi connectivity index (χ1n) is 6.09. The molecule has 0 radical (unpaired) electrons. The van der Waals surface area contributed by atoms with Crippen molar-refractivity contribution >= 4 is 5.69 Å². The van der Waals surface area contributed by atoms with E-state index in [0.29, 0.717) is 11.6 Å². The van der Waals surface area contributed by atoms with Gasteiger partial charge in [-0.05, 0) is 31.0 Å². The van der Waals surface area contributed by atoms with Crippen LogP contribution in [0, 0.1) is 27.0 Å². The maximum Gasteiger partial charge on any atom is 0.253 e. The zero-order valence-corrected chi connectivity index (χ0v) is 11.6. The van der Waals surface area contributed by atoms with Gasteiger partial charge in [-0.3, -0.25) is 4.90 Å². The topological polar surface area (TPSA) is 15.2 Å². The number of anilines is 1. The van der Waals surface area contributed by atoms with Crippen LogP contribution < -0.4 is 4.90 Å². The second-order valence-electron chi connectivity index (χ2n) is 4.77. The van der Waals surface area contributed by atoms with Crippen molar-refractivity contribution in [3.8, 4) is 0 Å². The first kappa shape index (κ1) is 13.0. The molecular weight excluding hydrogens is 236 g/mol. The number of benzene rings is 1. The maximum atomic E-state index is 7.37. The van der Waals surface area contributed by atoms with Crippen LogP contribution in [0.1, 0.15) is 18.1 Å². The van der Waals surface area contributed by atoms with Gasteiger partial charge in [0.25, 0.3) is 5.82 Å². The van der Waals surface area contributed by atoms with Gasteiger partial charge in [0.2, 0.25) is 12.0 Å². The van der Waals surface area contributed by atoms with Crippen LogP contribution in [0.25, 0.3) is 9.69 Å².